The zero-order valence-electron chi connectivity index (χ0n) is 8.17. The van der Waals surface area contributed by atoms with Gasteiger partial charge in [0.05, 0.1) is 12.0 Å². The summed E-state index contributed by atoms with van der Waals surface area (Å²) in [5.74, 6) is -0.850. The van der Waals surface area contributed by atoms with Gasteiger partial charge in [-0.05, 0) is 0 Å². The maximum absolute atomic E-state index is 11.1. The third kappa shape index (κ3) is 2.29. The monoisotopic (exact) mass is 215 g/mol. The quantitative estimate of drug-likeness (QED) is 0.404. The summed E-state index contributed by atoms with van der Waals surface area (Å²) < 4.78 is 10.2. The number of aromatic nitrogens is 2. The molecule has 0 aliphatic carbocycles. The van der Waals surface area contributed by atoms with Gasteiger partial charge in [-0.25, -0.2) is 9.48 Å². The molecule has 0 radical (unpaired) electrons. The molecule has 0 N–H and O–H groups in total. The molecule has 0 aromatic carbocycles. The minimum absolute atomic E-state index is 0.0256. The van der Waals surface area contributed by atoms with Gasteiger partial charge in [0, 0.05) is 7.11 Å². The molecule has 1 aromatic heterocycles. The van der Waals surface area contributed by atoms with Gasteiger partial charge in [-0.1, -0.05) is 0 Å². The van der Waals surface area contributed by atoms with Gasteiger partial charge in [-0.2, -0.15) is 5.10 Å². The Morgan fingerprint density at radius 3 is 2.80 bits per heavy atom. The average Bonchev–Trinajstić information content (AvgIpc) is 2.61. The number of nitrogens with zero attached hydrogens (tertiary/aromatic N) is 3. The predicted octanol–water partition coefficient (Wildman–Crippen LogP) is 0.182. The first kappa shape index (κ1) is 11.1. The number of rotatable bonds is 4. The number of nitro groups is 1. The van der Waals surface area contributed by atoms with Crippen molar-refractivity contribution in [1.29, 1.82) is 0 Å². The van der Waals surface area contributed by atoms with Crippen molar-refractivity contribution in [2.45, 2.75) is 6.73 Å². The lowest BCUT2D eigenvalue weighted by Gasteiger charge is -1.95. The Kier molecular flexibility index (Phi) is 3.34. The lowest BCUT2D eigenvalue weighted by Crippen LogP contribution is -2.07. The SMILES string of the molecule is COCn1cc([N+](=O)[O-])c(C(=O)OC)n1. The summed E-state index contributed by atoms with van der Waals surface area (Å²) >= 11 is 0. The number of esters is 1. The van der Waals surface area contributed by atoms with Crippen LogP contribution < -0.4 is 0 Å². The van der Waals surface area contributed by atoms with Crippen LogP contribution in [0.2, 0.25) is 0 Å². The van der Waals surface area contributed by atoms with Crippen LogP contribution in [0.15, 0.2) is 6.20 Å². The second-order valence-corrected chi connectivity index (χ2v) is 2.57. The van der Waals surface area contributed by atoms with E-state index in [4.69, 9.17) is 4.74 Å². The molecule has 0 saturated carbocycles. The molecule has 8 nitrogen and oxygen atoms in total. The molecule has 0 fully saturated rings. The van der Waals surface area contributed by atoms with Crippen LogP contribution in [0.4, 0.5) is 5.69 Å². The van der Waals surface area contributed by atoms with Gasteiger partial charge in [-0.15, -0.1) is 0 Å². The topological polar surface area (TPSA) is 96.5 Å². The van der Waals surface area contributed by atoms with Crippen LogP contribution in [-0.2, 0) is 16.2 Å². The van der Waals surface area contributed by atoms with Gasteiger partial charge in [0.25, 0.3) is 0 Å². The minimum atomic E-state index is -0.850. The number of ether oxygens (including phenoxy) is 2. The second kappa shape index (κ2) is 4.51. The Labute approximate surface area is 84.5 Å². The second-order valence-electron chi connectivity index (χ2n) is 2.57. The van der Waals surface area contributed by atoms with Crippen LogP contribution in [0.5, 0.6) is 0 Å². The highest BCUT2D eigenvalue weighted by atomic mass is 16.6. The molecule has 1 rings (SSSR count). The van der Waals surface area contributed by atoms with E-state index < -0.39 is 16.6 Å². The first-order valence-corrected chi connectivity index (χ1v) is 3.89. The van der Waals surface area contributed by atoms with Crippen molar-refractivity contribution >= 4 is 11.7 Å². The number of hydrogen-bond acceptors (Lipinski definition) is 6. The van der Waals surface area contributed by atoms with Crippen LogP contribution in [0.25, 0.3) is 0 Å². The molecule has 0 saturated heterocycles. The molecule has 0 aliphatic heterocycles. The molecule has 0 amide bonds. The van der Waals surface area contributed by atoms with Gasteiger partial charge in [-0.3, -0.25) is 10.1 Å². The summed E-state index contributed by atoms with van der Waals surface area (Å²) in [6, 6.07) is 0. The third-order valence-electron chi connectivity index (χ3n) is 1.58. The smallest absolute Gasteiger partial charge is 0.365 e. The fraction of sp³-hybridized carbons (Fsp3) is 0.429. The maximum Gasteiger partial charge on any atom is 0.365 e. The van der Waals surface area contributed by atoms with Crippen LogP contribution in [0.3, 0.4) is 0 Å². The van der Waals surface area contributed by atoms with Crippen LogP contribution in [-0.4, -0.2) is 34.9 Å². The third-order valence-corrected chi connectivity index (χ3v) is 1.58. The van der Waals surface area contributed by atoms with E-state index in [1.165, 1.54) is 7.11 Å². The van der Waals surface area contributed by atoms with Gasteiger partial charge in [0.15, 0.2) is 0 Å². The van der Waals surface area contributed by atoms with Crippen molar-refractivity contribution in [3.63, 3.8) is 0 Å². The van der Waals surface area contributed by atoms with Crippen LogP contribution in [0, 0.1) is 10.1 Å². The lowest BCUT2D eigenvalue weighted by molar-refractivity contribution is -0.385. The number of methoxy groups -OCH3 is 2. The molecule has 1 heterocycles. The summed E-state index contributed by atoms with van der Waals surface area (Å²) in [7, 11) is 2.53. The number of carbonyl (C=O) groups is 1. The summed E-state index contributed by atoms with van der Waals surface area (Å²) in [5, 5.41) is 14.2. The Morgan fingerprint density at radius 1 is 1.67 bits per heavy atom. The Hall–Kier alpha value is -1.96. The van der Waals surface area contributed by atoms with E-state index >= 15 is 0 Å². The molecule has 1 aromatic rings. The Morgan fingerprint density at radius 2 is 2.33 bits per heavy atom. The first-order chi connectivity index (χ1) is 7.10. The minimum Gasteiger partial charge on any atom is -0.464 e. The fourth-order valence-corrected chi connectivity index (χ4v) is 0.985. The van der Waals surface area contributed by atoms with Gasteiger partial charge in [0.2, 0.25) is 5.69 Å². The molecule has 0 aliphatic rings. The van der Waals surface area contributed by atoms with E-state index in [0.717, 1.165) is 18.0 Å². The van der Waals surface area contributed by atoms with Crippen molar-refractivity contribution in [2.75, 3.05) is 14.2 Å². The average molecular weight is 215 g/mol. The summed E-state index contributed by atoms with van der Waals surface area (Å²) in [6.07, 6.45) is 1.11. The molecule has 82 valence electrons. The van der Waals surface area contributed by atoms with Crippen molar-refractivity contribution in [2.24, 2.45) is 0 Å². The molecule has 0 atom stereocenters. The molecule has 0 spiro atoms. The van der Waals surface area contributed by atoms with E-state index in [0.29, 0.717) is 0 Å². The summed E-state index contributed by atoms with van der Waals surface area (Å²) in [6.45, 7) is 0.0256. The highest BCUT2D eigenvalue weighted by molar-refractivity contribution is 5.91. The Bertz CT molecular complexity index is 386. The zero-order chi connectivity index (χ0) is 11.4. The van der Waals surface area contributed by atoms with Gasteiger partial charge in [0.1, 0.15) is 12.9 Å². The van der Waals surface area contributed by atoms with E-state index in [9.17, 15) is 14.9 Å². The van der Waals surface area contributed by atoms with Gasteiger partial charge >= 0.3 is 11.7 Å². The zero-order valence-corrected chi connectivity index (χ0v) is 8.17. The van der Waals surface area contributed by atoms with Crippen molar-refractivity contribution < 1.29 is 19.2 Å². The van der Waals surface area contributed by atoms with Crippen molar-refractivity contribution in [1.82, 2.24) is 9.78 Å². The standard InChI is InChI=1S/C7H9N3O5/c1-14-4-9-3-5(10(12)13)6(8-9)7(11)15-2/h3H,4H2,1-2H3. The first-order valence-electron chi connectivity index (χ1n) is 3.89. The summed E-state index contributed by atoms with van der Waals surface area (Å²) in [5.41, 5.74) is -0.738. The largest absolute Gasteiger partial charge is 0.464 e. The normalized spacial score (nSPS) is 10.0. The lowest BCUT2D eigenvalue weighted by atomic mass is 10.4. The van der Waals surface area contributed by atoms with Crippen molar-refractivity contribution in [3.05, 3.63) is 22.0 Å². The summed E-state index contributed by atoms with van der Waals surface area (Å²) in [4.78, 5) is 21.0. The van der Waals surface area contributed by atoms with E-state index in [2.05, 4.69) is 9.84 Å². The van der Waals surface area contributed by atoms with Crippen LogP contribution in [0.1, 0.15) is 10.5 Å². The van der Waals surface area contributed by atoms with E-state index in [-0.39, 0.29) is 12.4 Å². The highest BCUT2D eigenvalue weighted by Gasteiger charge is 2.26. The maximum atomic E-state index is 11.1. The molecule has 0 unspecified atom stereocenters. The number of carbonyl (C=O) groups excluding carboxylic acids is 1. The predicted molar refractivity (Wildman–Crippen MR) is 47.2 cm³/mol. The molecular formula is C7H9N3O5. The van der Waals surface area contributed by atoms with E-state index in [1.807, 2.05) is 0 Å². The van der Waals surface area contributed by atoms with Crippen molar-refractivity contribution in [3.8, 4) is 0 Å². The fourth-order valence-electron chi connectivity index (χ4n) is 0.985. The molecule has 15 heavy (non-hydrogen) atoms. The van der Waals surface area contributed by atoms with Crippen LogP contribution >= 0.6 is 0 Å². The number of hydrogen-bond donors (Lipinski definition) is 0. The van der Waals surface area contributed by atoms with Gasteiger partial charge < -0.3 is 9.47 Å². The molecule has 8 heteroatoms. The molecule has 0 bridgehead atoms. The van der Waals surface area contributed by atoms with E-state index in [1.54, 1.807) is 0 Å². The Balaban J connectivity index is 3.11. The molecular weight excluding hydrogens is 206 g/mol. The highest BCUT2D eigenvalue weighted by Crippen LogP contribution is 2.17.